The maximum atomic E-state index is 13.1. The average molecular weight is 361 g/mol. The Morgan fingerprint density at radius 1 is 1.20 bits per heavy atom. The fraction of sp³-hybridized carbons (Fsp3) is 0.158. The molecule has 0 saturated heterocycles. The van der Waals surface area contributed by atoms with Crippen LogP contribution in [0.4, 0.5) is 10.1 Å². The van der Waals surface area contributed by atoms with E-state index in [4.69, 9.17) is 16.3 Å². The van der Waals surface area contributed by atoms with Crippen molar-refractivity contribution in [2.45, 2.75) is 13.3 Å². The quantitative estimate of drug-likeness (QED) is 0.354. The average Bonchev–Trinajstić information content (AvgIpc) is 2.59. The van der Waals surface area contributed by atoms with Gasteiger partial charge < -0.3 is 10.1 Å². The highest BCUT2D eigenvalue weighted by atomic mass is 35.5. The van der Waals surface area contributed by atoms with Gasteiger partial charge in [-0.3, -0.25) is 0 Å². The van der Waals surface area contributed by atoms with Crippen molar-refractivity contribution >= 4 is 29.1 Å². The monoisotopic (exact) mass is 360 g/mol. The standard InChI is InChI=1S/C19H18ClFN2O2/c1-3-25-19(24)13(2)22-18(12-14-4-8-16(21)9-5-14)23-17-10-6-15(20)7-11-17/h4-11H,2-3,12H2,1H3,(H,22,23). The lowest BCUT2D eigenvalue weighted by Crippen LogP contribution is -2.17. The zero-order chi connectivity index (χ0) is 18.2. The van der Waals surface area contributed by atoms with E-state index in [1.807, 2.05) is 0 Å². The normalized spacial score (nSPS) is 11.1. The van der Waals surface area contributed by atoms with Crippen LogP contribution in [-0.2, 0) is 16.0 Å². The van der Waals surface area contributed by atoms with Crippen molar-refractivity contribution in [3.05, 3.63) is 77.2 Å². The second-order valence-electron chi connectivity index (χ2n) is 5.16. The summed E-state index contributed by atoms with van der Waals surface area (Å²) >= 11 is 5.88. The Kier molecular flexibility index (Phi) is 6.71. The largest absolute Gasteiger partial charge is 0.461 e. The van der Waals surface area contributed by atoms with Gasteiger partial charge in [0.25, 0.3) is 0 Å². The number of halogens is 2. The third-order valence-electron chi connectivity index (χ3n) is 3.20. The SMILES string of the molecule is C=C(N=C(Cc1ccc(F)cc1)Nc1ccc(Cl)cc1)C(=O)OCC. The molecule has 0 spiro atoms. The highest BCUT2D eigenvalue weighted by Crippen LogP contribution is 2.15. The van der Waals surface area contributed by atoms with E-state index in [1.165, 1.54) is 12.1 Å². The molecule has 2 aromatic carbocycles. The molecule has 0 aliphatic heterocycles. The number of amidine groups is 1. The minimum absolute atomic E-state index is 0.0135. The lowest BCUT2D eigenvalue weighted by atomic mass is 10.1. The third kappa shape index (κ3) is 6.04. The van der Waals surface area contributed by atoms with Gasteiger partial charge in [-0.2, -0.15) is 0 Å². The Labute approximate surface area is 151 Å². The van der Waals surface area contributed by atoms with Gasteiger partial charge in [0.15, 0.2) is 0 Å². The zero-order valence-electron chi connectivity index (χ0n) is 13.8. The number of esters is 1. The maximum absolute atomic E-state index is 13.1. The molecule has 0 amide bonds. The number of nitrogens with one attached hydrogen (secondary N) is 1. The van der Waals surface area contributed by atoms with Crippen LogP contribution in [0.5, 0.6) is 0 Å². The van der Waals surface area contributed by atoms with Gasteiger partial charge in [-0.15, -0.1) is 0 Å². The number of rotatable bonds is 6. The molecular weight excluding hydrogens is 343 g/mol. The summed E-state index contributed by atoms with van der Waals surface area (Å²) in [5.41, 5.74) is 1.57. The molecule has 0 aliphatic rings. The Bertz CT molecular complexity index is 722. The van der Waals surface area contributed by atoms with Crippen LogP contribution in [0.1, 0.15) is 12.5 Å². The van der Waals surface area contributed by atoms with Gasteiger partial charge >= 0.3 is 5.97 Å². The van der Waals surface area contributed by atoms with E-state index >= 15 is 0 Å². The maximum Gasteiger partial charge on any atom is 0.356 e. The number of carbonyl (C=O) groups excluding carboxylic acids is 1. The summed E-state index contributed by atoms with van der Waals surface area (Å²) < 4.78 is 18.0. The molecular formula is C19H18ClFN2O2. The van der Waals surface area contributed by atoms with Gasteiger partial charge in [0, 0.05) is 17.1 Å². The van der Waals surface area contributed by atoms with E-state index in [0.717, 1.165) is 11.3 Å². The van der Waals surface area contributed by atoms with Crippen LogP contribution in [0, 0.1) is 5.82 Å². The molecule has 2 rings (SSSR count). The second-order valence-corrected chi connectivity index (χ2v) is 5.60. The molecule has 2 aromatic rings. The van der Waals surface area contributed by atoms with E-state index in [0.29, 0.717) is 17.3 Å². The first-order chi connectivity index (χ1) is 12.0. The number of carbonyl (C=O) groups is 1. The fourth-order valence-electron chi connectivity index (χ4n) is 2.03. The first kappa shape index (κ1) is 18.7. The first-order valence-corrected chi connectivity index (χ1v) is 8.06. The minimum atomic E-state index is -0.586. The molecule has 0 aromatic heterocycles. The summed E-state index contributed by atoms with van der Waals surface area (Å²) in [4.78, 5) is 16.0. The van der Waals surface area contributed by atoms with Crippen molar-refractivity contribution in [2.24, 2.45) is 4.99 Å². The van der Waals surface area contributed by atoms with Gasteiger partial charge in [0.2, 0.25) is 0 Å². The Balaban J connectivity index is 2.23. The van der Waals surface area contributed by atoms with Crippen LogP contribution in [0.25, 0.3) is 0 Å². The Hall–Kier alpha value is -2.66. The van der Waals surface area contributed by atoms with Crippen molar-refractivity contribution < 1.29 is 13.9 Å². The molecule has 0 bridgehead atoms. The van der Waals surface area contributed by atoms with Crippen LogP contribution < -0.4 is 5.32 Å². The van der Waals surface area contributed by atoms with Crippen LogP contribution in [0.15, 0.2) is 65.8 Å². The van der Waals surface area contributed by atoms with Crippen molar-refractivity contribution in [2.75, 3.05) is 11.9 Å². The van der Waals surface area contributed by atoms with Gasteiger partial charge in [-0.25, -0.2) is 14.2 Å². The molecule has 0 radical (unpaired) electrons. The molecule has 0 heterocycles. The van der Waals surface area contributed by atoms with E-state index in [1.54, 1.807) is 43.3 Å². The minimum Gasteiger partial charge on any atom is -0.461 e. The molecule has 1 N–H and O–H groups in total. The lowest BCUT2D eigenvalue weighted by Gasteiger charge is -2.11. The van der Waals surface area contributed by atoms with Crippen molar-refractivity contribution in [3.8, 4) is 0 Å². The van der Waals surface area contributed by atoms with Gasteiger partial charge in [0.1, 0.15) is 17.3 Å². The Morgan fingerprint density at radius 3 is 2.44 bits per heavy atom. The number of aliphatic imine (C=N–C) groups is 1. The van der Waals surface area contributed by atoms with Crippen molar-refractivity contribution in [1.29, 1.82) is 0 Å². The predicted octanol–water partition coefficient (Wildman–Crippen LogP) is 4.61. The number of hydrogen-bond acceptors (Lipinski definition) is 3. The molecule has 4 nitrogen and oxygen atoms in total. The number of hydrogen-bond donors (Lipinski definition) is 1. The molecule has 130 valence electrons. The summed E-state index contributed by atoms with van der Waals surface area (Å²) in [7, 11) is 0. The number of benzene rings is 2. The number of anilines is 1. The molecule has 0 unspecified atom stereocenters. The van der Waals surface area contributed by atoms with E-state index in [9.17, 15) is 9.18 Å². The topological polar surface area (TPSA) is 50.7 Å². The molecule has 0 saturated carbocycles. The van der Waals surface area contributed by atoms with Crippen LogP contribution in [-0.4, -0.2) is 18.4 Å². The molecule has 6 heteroatoms. The van der Waals surface area contributed by atoms with Crippen molar-refractivity contribution in [3.63, 3.8) is 0 Å². The Morgan fingerprint density at radius 2 is 1.84 bits per heavy atom. The van der Waals surface area contributed by atoms with Crippen LogP contribution in [0.3, 0.4) is 0 Å². The summed E-state index contributed by atoms with van der Waals surface area (Å²) in [6.45, 7) is 5.59. The fourth-order valence-corrected chi connectivity index (χ4v) is 2.16. The van der Waals surface area contributed by atoms with Crippen molar-refractivity contribution in [1.82, 2.24) is 0 Å². The van der Waals surface area contributed by atoms with E-state index in [-0.39, 0.29) is 18.1 Å². The third-order valence-corrected chi connectivity index (χ3v) is 3.45. The highest BCUT2D eigenvalue weighted by molar-refractivity contribution is 6.30. The highest BCUT2D eigenvalue weighted by Gasteiger charge is 2.10. The van der Waals surface area contributed by atoms with Gasteiger partial charge in [-0.1, -0.05) is 30.3 Å². The van der Waals surface area contributed by atoms with Gasteiger partial charge in [0.05, 0.1) is 6.61 Å². The summed E-state index contributed by atoms with van der Waals surface area (Å²) in [5, 5.41) is 3.74. The van der Waals surface area contributed by atoms with Crippen LogP contribution >= 0.6 is 11.6 Å². The first-order valence-electron chi connectivity index (χ1n) is 7.68. The smallest absolute Gasteiger partial charge is 0.356 e. The molecule has 0 atom stereocenters. The number of nitrogens with zero attached hydrogens (tertiary/aromatic N) is 1. The van der Waals surface area contributed by atoms with Gasteiger partial charge in [-0.05, 0) is 48.9 Å². The molecule has 0 fully saturated rings. The van der Waals surface area contributed by atoms with Crippen LogP contribution in [0.2, 0.25) is 5.02 Å². The summed E-state index contributed by atoms with van der Waals surface area (Å²) in [5.74, 6) is -0.423. The summed E-state index contributed by atoms with van der Waals surface area (Å²) in [6, 6.07) is 13.1. The lowest BCUT2D eigenvalue weighted by molar-refractivity contribution is -0.138. The van der Waals surface area contributed by atoms with E-state index in [2.05, 4.69) is 16.9 Å². The number of ether oxygens (including phenoxy) is 1. The van der Waals surface area contributed by atoms with E-state index < -0.39 is 5.97 Å². The second kappa shape index (κ2) is 8.99. The molecule has 25 heavy (non-hydrogen) atoms. The zero-order valence-corrected chi connectivity index (χ0v) is 14.5. The predicted molar refractivity (Wildman–Crippen MR) is 98.4 cm³/mol. The summed E-state index contributed by atoms with van der Waals surface area (Å²) in [6.07, 6.45) is 0.362. The molecule has 0 aliphatic carbocycles.